The number of hydrogen-bond acceptors (Lipinski definition) is 3. The van der Waals surface area contributed by atoms with Crippen LogP contribution in [0.1, 0.15) is 50.0 Å². The fourth-order valence-electron chi connectivity index (χ4n) is 2.76. The smallest absolute Gasteiger partial charge is 0.244 e. The van der Waals surface area contributed by atoms with Crippen LogP contribution in [0, 0.1) is 13.8 Å². The molecule has 5 heteroatoms. The Morgan fingerprint density at radius 1 is 1.53 bits per heavy atom. The largest absolute Gasteiger partial charge is 0.388 e. The van der Waals surface area contributed by atoms with Crippen molar-refractivity contribution in [1.82, 2.24) is 15.1 Å². The molecule has 0 aromatic carbocycles. The zero-order valence-corrected chi connectivity index (χ0v) is 11.9. The molecule has 2 N–H and O–H groups in total. The average molecular weight is 265 g/mol. The molecule has 0 saturated heterocycles. The van der Waals surface area contributed by atoms with Crippen LogP contribution in [0.25, 0.3) is 0 Å². The molecule has 5 nitrogen and oxygen atoms in total. The zero-order chi connectivity index (χ0) is 14.0. The first-order valence-electron chi connectivity index (χ1n) is 6.94. The van der Waals surface area contributed by atoms with Gasteiger partial charge < -0.3 is 10.4 Å². The molecule has 1 saturated carbocycles. The van der Waals surface area contributed by atoms with Crippen molar-refractivity contribution in [2.45, 2.75) is 58.1 Å². The molecule has 0 radical (unpaired) electrons. The van der Waals surface area contributed by atoms with E-state index in [1.165, 1.54) is 0 Å². The van der Waals surface area contributed by atoms with E-state index in [4.69, 9.17) is 0 Å². The third-order valence-electron chi connectivity index (χ3n) is 3.92. The highest BCUT2D eigenvalue weighted by Gasteiger charge is 2.32. The summed E-state index contributed by atoms with van der Waals surface area (Å²) in [5.41, 5.74) is 1.18. The molecule has 0 bridgehead atoms. The molecule has 1 fully saturated rings. The molecular weight excluding hydrogens is 242 g/mol. The number of nitrogens with zero attached hydrogens (tertiary/aromatic N) is 2. The van der Waals surface area contributed by atoms with Gasteiger partial charge in [-0.05, 0) is 39.7 Å². The van der Waals surface area contributed by atoms with Crippen LogP contribution in [0.2, 0.25) is 0 Å². The maximum atomic E-state index is 12.1. The molecule has 1 aliphatic carbocycles. The standard InChI is InChI=1S/C14H23N3O2/c1-10-8-11(2)17(16-10)12(3)13(18)15-9-14(19)6-4-5-7-14/h8,12,19H,4-7,9H2,1-3H3,(H,15,18). The molecule has 1 aromatic heterocycles. The number of aliphatic hydroxyl groups is 1. The molecule has 1 amide bonds. The van der Waals surface area contributed by atoms with Gasteiger partial charge in [0, 0.05) is 12.2 Å². The molecule has 0 aliphatic heterocycles. The fourth-order valence-corrected chi connectivity index (χ4v) is 2.76. The summed E-state index contributed by atoms with van der Waals surface area (Å²) in [5.74, 6) is -0.0912. The quantitative estimate of drug-likeness (QED) is 0.866. The van der Waals surface area contributed by atoms with Crippen LogP contribution in [0.15, 0.2) is 6.07 Å². The average Bonchev–Trinajstić information content (AvgIpc) is 2.92. The van der Waals surface area contributed by atoms with E-state index in [1.807, 2.05) is 26.8 Å². The minimum Gasteiger partial charge on any atom is -0.388 e. The molecule has 1 unspecified atom stereocenters. The number of aromatic nitrogens is 2. The van der Waals surface area contributed by atoms with Crippen molar-refractivity contribution in [2.75, 3.05) is 6.54 Å². The van der Waals surface area contributed by atoms with E-state index in [2.05, 4.69) is 10.4 Å². The number of hydrogen-bond donors (Lipinski definition) is 2. The highest BCUT2D eigenvalue weighted by atomic mass is 16.3. The third kappa shape index (κ3) is 3.15. The summed E-state index contributed by atoms with van der Waals surface area (Å²) < 4.78 is 1.73. The summed E-state index contributed by atoms with van der Waals surface area (Å²) >= 11 is 0. The first-order valence-corrected chi connectivity index (χ1v) is 6.94. The molecule has 2 rings (SSSR count). The normalized spacial score (nSPS) is 19.4. The molecule has 1 atom stereocenters. The third-order valence-corrected chi connectivity index (χ3v) is 3.92. The molecular formula is C14H23N3O2. The molecule has 19 heavy (non-hydrogen) atoms. The number of amides is 1. The predicted octanol–water partition coefficient (Wildman–Crippen LogP) is 1.48. The maximum Gasteiger partial charge on any atom is 0.244 e. The molecule has 0 spiro atoms. The van der Waals surface area contributed by atoms with Crippen LogP contribution in [-0.4, -0.2) is 32.9 Å². The molecule has 106 valence electrons. The van der Waals surface area contributed by atoms with Gasteiger partial charge in [-0.2, -0.15) is 5.10 Å². The Hall–Kier alpha value is -1.36. The second-order valence-electron chi connectivity index (χ2n) is 5.70. The van der Waals surface area contributed by atoms with Gasteiger partial charge in [0.1, 0.15) is 6.04 Å². The van der Waals surface area contributed by atoms with Gasteiger partial charge in [-0.25, -0.2) is 0 Å². The lowest BCUT2D eigenvalue weighted by Gasteiger charge is -2.23. The van der Waals surface area contributed by atoms with Crippen molar-refractivity contribution in [3.63, 3.8) is 0 Å². The summed E-state index contributed by atoms with van der Waals surface area (Å²) in [5, 5.41) is 17.4. The summed E-state index contributed by atoms with van der Waals surface area (Å²) in [4.78, 5) is 12.1. The highest BCUT2D eigenvalue weighted by Crippen LogP contribution is 2.28. The van der Waals surface area contributed by atoms with Gasteiger partial charge in [0.2, 0.25) is 5.91 Å². The van der Waals surface area contributed by atoms with Crippen molar-refractivity contribution in [3.8, 4) is 0 Å². The van der Waals surface area contributed by atoms with Crippen LogP contribution in [0.4, 0.5) is 0 Å². The van der Waals surface area contributed by atoms with Gasteiger partial charge in [0.15, 0.2) is 0 Å². The topological polar surface area (TPSA) is 67.2 Å². The second-order valence-corrected chi connectivity index (χ2v) is 5.70. The zero-order valence-electron chi connectivity index (χ0n) is 11.9. The number of aryl methyl sites for hydroxylation is 2. The first kappa shape index (κ1) is 14.1. The Bertz CT molecular complexity index is 461. The van der Waals surface area contributed by atoms with Gasteiger partial charge in [0.05, 0.1) is 11.3 Å². The van der Waals surface area contributed by atoms with Crippen molar-refractivity contribution in [3.05, 3.63) is 17.5 Å². The van der Waals surface area contributed by atoms with Gasteiger partial charge in [0.25, 0.3) is 0 Å². The lowest BCUT2D eigenvalue weighted by Crippen LogP contribution is -2.43. The first-order chi connectivity index (χ1) is 8.91. The minimum absolute atomic E-state index is 0.0912. The maximum absolute atomic E-state index is 12.1. The monoisotopic (exact) mass is 265 g/mol. The highest BCUT2D eigenvalue weighted by molar-refractivity contribution is 5.79. The Kier molecular flexibility index (Phi) is 3.94. The van der Waals surface area contributed by atoms with Crippen LogP contribution >= 0.6 is 0 Å². The Morgan fingerprint density at radius 2 is 2.16 bits per heavy atom. The summed E-state index contributed by atoms with van der Waals surface area (Å²) in [6.07, 6.45) is 3.64. The van der Waals surface area contributed by atoms with Crippen LogP contribution in [0.5, 0.6) is 0 Å². The van der Waals surface area contributed by atoms with Crippen LogP contribution in [-0.2, 0) is 4.79 Å². The summed E-state index contributed by atoms with van der Waals surface area (Å²) in [6.45, 7) is 6.02. The summed E-state index contributed by atoms with van der Waals surface area (Å²) in [7, 11) is 0. The van der Waals surface area contributed by atoms with E-state index in [0.717, 1.165) is 37.1 Å². The van der Waals surface area contributed by atoms with Crippen LogP contribution in [0.3, 0.4) is 0 Å². The fraction of sp³-hybridized carbons (Fsp3) is 0.714. The second kappa shape index (κ2) is 5.33. The van der Waals surface area contributed by atoms with Gasteiger partial charge in [-0.15, -0.1) is 0 Å². The van der Waals surface area contributed by atoms with E-state index >= 15 is 0 Å². The lowest BCUT2D eigenvalue weighted by molar-refractivity contribution is -0.125. The van der Waals surface area contributed by atoms with Crippen molar-refractivity contribution < 1.29 is 9.90 Å². The number of nitrogens with one attached hydrogen (secondary N) is 1. The molecule has 1 aliphatic rings. The van der Waals surface area contributed by atoms with E-state index in [0.29, 0.717) is 6.54 Å². The van der Waals surface area contributed by atoms with Crippen molar-refractivity contribution in [2.24, 2.45) is 0 Å². The van der Waals surface area contributed by atoms with Gasteiger partial charge in [-0.1, -0.05) is 12.8 Å². The Labute approximate surface area is 114 Å². The number of carbonyl (C=O) groups excluding carboxylic acids is 1. The SMILES string of the molecule is Cc1cc(C)n(C(C)C(=O)NCC2(O)CCCC2)n1. The van der Waals surface area contributed by atoms with E-state index in [9.17, 15) is 9.90 Å². The molecule has 1 aromatic rings. The predicted molar refractivity (Wildman–Crippen MR) is 72.8 cm³/mol. The van der Waals surface area contributed by atoms with Crippen molar-refractivity contribution in [1.29, 1.82) is 0 Å². The van der Waals surface area contributed by atoms with Crippen molar-refractivity contribution >= 4 is 5.91 Å². The summed E-state index contributed by atoms with van der Waals surface area (Å²) in [6, 6.07) is 1.60. The number of rotatable bonds is 4. The lowest BCUT2D eigenvalue weighted by atomic mass is 10.0. The van der Waals surface area contributed by atoms with E-state index in [1.54, 1.807) is 4.68 Å². The molecule has 1 heterocycles. The Morgan fingerprint density at radius 3 is 2.68 bits per heavy atom. The van der Waals surface area contributed by atoms with Gasteiger partial charge in [-0.3, -0.25) is 9.48 Å². The Balaban J connectivity index is 1.94. The minimum atomic E-state index is -0.704. The number of carbonyl (C=O) groups is 1. The van der Waals surface area contributed by atoms with E-state index in [-0.39, 0.29) is 11.9 Å². The van der Waals surface area contributed by atoms with E-state index < -0.39 is 5.60 Å². The van der Waals surface area contributed by atoms with Crippen LogP contribution < -0.4 is 5.32 Å². The van der Waals surface area contributed by atoms with Gasteiger partial charge >= 0.3 is 0 Å².